The standard InChI is InChI=1S/C10H20O.C8H8O/c1-6-7-8-9(2,3)10(4,5)11;1-7-2-4-8(6-9)5-3-7/h7-8,11H,6H2,1-5H3;2-6H,1H3/b8-7+;. The number of benzene rings is 1. The number of carbonyl (C=O) groups excluding carboxylic acids is 1. The molecule has 1 aromatic carbocycles. The van der Waals surface area contributed by atoms with Gasteiger partial charge in [0.1, 0.15) is 6.29 Å². The molecule has 0 aromatic heterocycles. The molecule has 20 heavy (non-hydrogen) atoms. The predicted octanol–water partition coefficient (Wildman–Crippen LogP) is 4.56. The van der Waals surface area contributed by atoms with E-state index in [2.05, 4.69) is 19.1 Å². The van der Waals surface area contributed by atoms with Crippen molar-refractivity contribution in [2.24, 2.45) is 5.41 Å². The highest BCUT2D eigenvalue weighted by molar-refractivity contribution is 5.74. The highest BCUT2D eigenvalue weighted by Gasteiger charge is 2.31. The third kappa shape index (κ3) is 6.67. The summed E-state index contributed by atoms with van der Waals surface area (Å²) in [5.41, 5.74) is 1.14. The molecule has 0 aliphatic heterocycles. The van der Waals surface area contributed by atoms with Crippen molar-refractivity contribution in [1.29, 1.82) is 0 Å². The van der Waals surface area contributed by atoms with Crippen LogP contribution in [0.3, 0.4) is 0 Å². The molecule has 0 amide bonds. The van der Waals surface area contributed by atoms with Crippen molar-refractivity contribution < 1.29 is 9.90 Å². The Morgan fingerprint density at radius 3 is 1.95 bits per heavy atom. The molecule has 0 aliphatic rings. The first-order chi connectivity index (χ1) is 9.14. The Bertz CT molecular complexity index is 420. The first-order valence-corrected chi connectivity index (χ1v) is 7.06. The van der Waals surface area contributed by atoms with Crippen molar-refractivity contribution in [1.82, 2.24) is 0 Å². The topological polar surface area (TPSA) is 37.3 Å². The van der Waals surface area contributed by atoms with Crippen LogP contribution in [0.2, 0.25) is 0 Å². The van der Waals surface area contributed by atoms with Crippen LogP contribution in [-0.2, 0) is 0 Å². The fraction of sp³-hybridized carbons (Fsp3) is 0.500. The van der Waals surface area contributed by atoms with Gasteiger partial charge in [0.05, 0.1) is 5.60 Å². The van der Waals surface area contributed by atoms with E-state index in [1.807, 2.05) is 58.9 Å². The van der Waals surface area contributed by atoms with Crippen molar-refractivity contribution in [3.05, 3.63) is 47.5 Å². The maximum atomic E-state index is 10.1. The molecule has 0 aliphatic carbocycles. The van der Waals surface area contributed by atoms with Gasteiger partial charge < -0.3 is 5.11 Å². The predicted molar refractivity (Wildman–Crippen MR) is 86.1 cm³/mol. The molecule has 0 radical (unpaired) electrons. The summed E-state index contributed by atoms with van der Waals surface area (Å²) in [5, 5.41) is 9.72. The van der Waals surface area contributed by atoms with Gasteiger partial charge in [0, 0.05) is 11.0 Å². The Morgan fingerprint density at radius 2 is 1.60 bits per heavy atom. The van der Waals surface area contributed by atoms with E-state index in [4.69, 9.17) is 0 Å². The lowest BCUT2D eigenvalue weighted by atomic mass is 9.77. The molecule has 0 bridgehead atoms. The van der Waals surface area contributed by atoms with Crippen LogP contribution in [-0.4, -0.2) is 17.0 Å². The molecule has 0 atom stereocenters. The maximum Gasteiger partial charge on any atom is 0.150 e. The number of hydrogen-bond donors (Lipinski definition) is 1. The summed E-state index contributed by atoms with van der Waals surface area (Å²) >= 11 is 0. The lowest BCUT2D eigenvalue weighted by Gasteiger charge is -2.34. The lowest BCUT2D eigenvalue weighted by Crippen LogP contribution is -2.37. The van der Waals surface area contributed by atoms with E-state index in [1.54, 1.807) is 0 Å². The van der Waals surface area contributed by atoms with Crippen LogP contribution < -0.4 is 0 Å². The molecular weight excluding hydrogens is 248 g/mol. The van der Waals surface area contributed by atoms with Gasteiger partial charge in [-0.3, -0.25) is 4.79 Å². The fourth-order valence-electron chi connectivity index (χ4n) is 1.26. The second kappa shape index (κ2) is 8.01. The smallest absolute Gasteiger partial charge is 0.150 e. The monoisotopic (exact) mass is 276 g/mol. The highest BCUT2D eigenvalue weighted by Crippen LogP contribution is 2.31. The van der Waals surface area contributed by atoms with Crippen molar-refractivity contribution in [3.8, 4) is 0 Å². The number of hydrogen-bond acceptors (Lipinski definition) is 2. The Hall–Kier alpha value is -1.41. The lowest BCUT2D eigenvalue weighted by molar-refractivity contribution is -0.00750. The zero-order chi connectivity index (χ0) is 15.8. The minimum absolute atomic E-state index is 0.136. The van der Waals surface area contributed by atoms with Gasteiger partial charge in [-0.15, -0.1) is 0 Å². The Labute approximate surface area is 123 Å². The van der Waals surface area contributed by atoms with Crippen LogP contribution in [0.15, 0.2) is 36.4 Å². The van der Waals surface area contributed by atoms with Crippen LogP contribution in [0.25, 0.3) is 0 Å². The minimum atomic E-state index is -0.640. The highest BCUT2D eigenvalue weighted by atomic mass is 16.3. The largest absolute Gasteiger partial charge is 0.390 e. The first kappa shape index (κ1) is 18.6. The molecule has 2 nitrogen and oxygen atoms in total. The molecule has 1 N–H and O–H groups in total. The minimum Gasteiger partial charge on any atom is -0.390 e. The normalized spacial score (nSPS) is 11.9. The van der Waals surface area contributed by atoms with E-state index in [0.29, 0.717) is 0 Å². The molecule has 0 saturated carbocycles. The van der Waals surface area contributed by atoms with Crippen molar-refractivity contribution >= 4 is 6.29 Å². The van der Waals surface area contributed by atoms with E-state index in [0.717, 1.165) is 18.3 Å². The van der Waals surface area contributed by atoms with E-state index < -0.39 is 5.60 Å². The van der Waals surface area contributed by atoms with Crippen molar-refractivity contribution in [2.75, 3.05) is 0 Å². The average molecular weight is 276 g/mol. The van der Waals surface area contributed by atoms with Crippen molar-refractivity contribution in [3.63, 3.8) is 0 Å². The number of aliphatic hydroxyl groups is 1. The first-order valence-electron chi connectivity index (χ1n) is 7.06. The zero-order valence-electron chi connectivity index (χ0n) is 13.6. The van der Waals surface area contributed by atoms with Crippen LogP contribution in [0.5, 0.6) is 0 Å². The van der Waals surface area contributed by atoms with E-state index >= 15 is 0 Å². The van der Waals surface area contributed by atoms with E-state index in [1.165, 1.54) is 5.56 Å². The Kier molecular flexibility index (Phi) is 7.44. The quantitative estimate of drug-likeness (QED) is 0.646. The second-order valence-corrected chi connectivity index (χ2v) is 6.12. The molecule has 0 fully saturated rings. The SMILES string of the molecule is CC/C=C/C(C)(C)C(C)(C)O.Cc1ccc(C=O)cc1. The molecule has 0 unspecified atom stereocenters. The summed E-state index contributed by atoms with van der Waals surface area (Å²) in [7, 11) is 0. The van der Waals surface area contributed by atoms with Gasteiger partial charge in [0.25, 0.3) is 0 Å². The molecule has 0 saturated heterocycles. The summed E-state index contributed by atoms with van der Waals surface area (Å²) in [6.07, 6.45) is 6.05. The second-order valence-electron chi connectivity index (χ2n) is 6.12. The molecule has 1 aromatic rings. The van der Waals surface area contributed by atoms with Gasteiger partial charge in [-0.1, -0.05) is 62.8 Å². The molecular formula is C18H28O2. The zero-order valence-corrected chi connectivity index (χ0v) is 13.6. The number of allylic oxidation sites excluding steroid dienone is 1. The van der Waals surface area contributed by atoms with Gasteiger partial charge in [-0.2, -0.15) is 0 Å². The molecule has 112 valence electrons. The summed E-state index contributed by atoms with van der Waals surface area (Å²) in [6.45, 7) is 11.9. The third-order valence-corrected chi connectivity index (χ3v) is 3.56. The Morgan fingerprint density at radius 1 is 1.10 bits per heavy atom. The van der Waals surface area contributed by atoms with Gasteiger partial charge >= 0.3 is 0 Å². The van der Waals surface area contributed by atoms with Crippen LogP contribution in [0.1, 0.15) is 57.0 Å². The summed E-state index contributed by atoms with van der Waals surface area (Å²) in [6, 6.07) is 7.46. The van der Waals surface area contributed by atoms with Gasteiger partial charge in [-0.05, 0) is 27.2 Å². The summed E-state index contributed by atoms with van der Waals surface area (Å²) in [5.74, 6) is 0. The molecule has 2 heteroatoms. The number of carbonyl (C=O) groups is 1. The van der Waals surface area contributed by atoms with Crippen LogP contribution in [0.4, 0.5) is 0 Å². The van der Waals surface area contributed by atoms with E-state index in [9.17, 15) is 9.90 Å². The third-order valence-electron chi connectivity index (χ3n) is 3.56. The number of rotatable bonds is 4. The molecule has 0 spiro atoms. The summed E-state index contributed by atoms with van der Waals surface area (Å²) in [4.78, 5) is 10.1. The number of aldehydes is 1. The van der Waals surface area contributed by atoms with Crippen LogP contribution in [0, 0.1) is 12.3 Å². The summed E-state index contributed by atoms with van der Waals surface area (Å²) < 4.78 is 0. The number of aryl methyl sites for hydroxylation is 1. The molecule has 0 heterocycles. The van der Waals surface area contributed by atoms with Gasteiger partial charge in [0.15, 0.2) is 0 Å². The fourth-order valence-corrected chi connectivity index (χ4v) is 1.26. The van der Waals surface area contributed by atoms with E-state index in [-0.39, 0.29) is 5.41 Å². The van der Waals surface area contributed by atoms with Crippen LogP contribution >= 0.6 is 0 Å². The average Bonchev–Trinajstić information content (AvgIpc) is 2.37. The maximum absolute atomic E-state index is 10.1. The van der Waals surface area contributed by atoms with Gasteiger partial charge in [-0.25, -0.2) is 0 Å². The van der Waals surface area contributed by atoms with Crippen molar-refractivity contribution in [2.45, 2.75) is 53.6 Å². The molecule has 1 rings (SSSR count). The Balaban J connectivity index is 0.000000367. The van der Waals surface area contributed by atoms with Gasteiger partial charge in [0.2, 0.25) is 0 Å².